The Bertz CT molecular complexity index is 1230. The van der Waals surface area contributed by atoms with Crippen LogP contribution in [0.15, 0.2) is 54.7 Å². The highest BCUT2D eigenvalue weighted by Crippen LogP contribution is 2.28. The molecule has 1 aromatic heterocycles. The van der Waals surface area contributed by atoms with Crippen molar-refractivity contribution < 1.29 is 4.79 Å². The van der Waals surface area contributed by atoms with Gasteiger partial charge in [-0.25, -0.2) is 0 Å². The number of nitrogens with zero attached hydrogens (tertiary/aromatic N) is 2. The minimum atomic E-state index is -0.00236. The van der Waals surface area contributed by atoms with Crippen molar-refractivity contribution in [2.75, 3.05) is 13.1 Å². The van der Waals surface area contributed by atoms with E-state index in [4.69, 9.17) is 0 Å². The molecular formula is C29H33ClN4O. The molecule has 0 radical (unpaired) electrons. The number of H-pyrrole nitrogens is 1. The summed E-state index contributed by atoms with van der Waals surface area (Å²) in [7, 11) is 0. The Morgan fingerprint density at radius 1 is 1.14 bits per heavy atom. The molecule has 1 fully saturated rings. The van der Waals surface area contributed by atoms with E-state index in [1.807, 2.05) is 36.5 Å². The molecule has 0 unspecified atom stereocenters. The monoisotopic (exact) mass is 488 g/mol. The SMILES string of the molecule is Cl.N#Cc1ccc2c(c1)CN(CCC1CCC(NC(=O)/C=C/c3c[nH]c4ccccc34)CC1)CC2. The van der Waals surface area contributed by atoms with Crippen LogP contribution in [0.2, 0.25) is 0 Å². The molecule has 2 heterocycles. The van der Waals surface area contributed by atoms with Gasteiger partial charge in [0.1, 0.15) is 0 Å². The fourth-order valence-electron chi connectivity index (χ4n) is 5.48. The summed E-state index contributed by atoms with van der Waals surface area (Å²) in [4.78, 5) is 18.2. The number of hydrogen-bond acceptors (Lipinski definition) is 3. The van der Waals surface area contributed by atoms with Gasteiger partial charge in [0.2, 0.25) is 5.91 Å². The van der Waals surface area contributed by atoms with Crippen molar-refractivity contribution in [2.24, 2.45) is 5.92 Å². The maximum absolute atomic E-state index is 12.5. The van der Waals surface area contributed by atoms with Gasteiger partial charge in [0.25, 0.3) is 0 Å². The number of halogens is 1. The lowest BCUT2D eigenvalue weighted by Gasteiger charge is -2.33. The second-order valence-electron chi connectivity index (χ2n) is 9.76. The number of amides is 1. The first-order valence-electron chi connectivity index (χ1n) is 12.5. The van der Waals surface area contributed by atoms with Crippen LogP contribution in [0.5, 0.6) is 0 Å². The van der Waals surface area contributed by atoms with Gasteiger partial charge in [-0.2, -0.15) is 5.26 Å². The topological polar surface area (TPSA) is 71.9 Å². The Morgan fingerprint density at radius 3 is 2.80 bits per heavy atom. The minimum Gasteiger partial charge on any atom is -0.361 e. The Morgan fingerprint density at radius 2 is 1.97 bits per heavy atom. The van der Waals surface area contributed by atoms with Crippen LogP contribution in [-0.4, -0.2) is 34.9 Å². The number of aromatic nitrogens is 1. The molecule has 0 bridgehead atoms. The maximum atomic E-state index is 12.5. The number of carbonyl (C=O) groups is 1. The second kappa shape index (κ2) is 11.6. The molecule has 3 aromatic rings. The molecule has 5 rings (SSSR count). The van der Waals surface area contributed by atoms with Crippen molar-refractivity contribution in [1.29, 1.82) is 5.26 Å². The maximum Gasteiger partial charge on any atom is 0.244 e. The van der Waals surface area contributed by atoms with Gasteiger partial charge < -0.3 is 10.3 Å². The Balaban J connectivity index is 0.00000289. The minimum absolute atomic E-state index is 0. The molecule has 2 N–H and O–H groups in total. The van der Waals surface area contributed by atoms with Gasteiger partial charge in [-0.1, -0.05) is 24.3 Å². The van der Waals surface area contributed by atoms with E-state index in [1.54, 1.807) is 6.08 Å². The van der Waals surface area contributed by atoms with Gasteiger partial charge in [-0.3, -0.25) is 9.69 Å². The molecule has 0 saturated heterocycles. The lowest BCUT2D eigenvalue weighted by atomic mass is 9.84. The van der Waals surface area contributed by atoms with E-state index in [-0.39, 0.29) is 24.4 Å². The quantitative estimate of drug-likeness (QED) is 0.444. The van der Waals surface area contributed by atoms with Crippen LogP contribution in [-0.2, 0) is 17.8 Å². The number of nitriles is 1. The largest absolute Gasteiger partial charge is 0.361 e. The Kier molecular flexibility index (Phi) is 8.28. The van der Waals surface area contributed by atoms with E-state index in [2.05, 4.69) is 39.5 Å². The number of fused-ring (bicyclic) bond motifs is 2. The van der Waals surface area contributed by atoms with Crippen LogP contribution in [0, 0.1) is 17.2 Å². The van der Waals surface area contributed by atoms with Crippen molar-refractivity contribution in [3.8, 4) is 6.07 Å². The van der Waals surface area contributed by atoms with Crippen molar-refractivity contribution in [2.45, 2.75) is 51.1 Å². The van der Waals surface area contributed by atoms with Crippen LogP contribution in [0.1, 0.15) is 54.4 Å². The summed E-state index contributed by atoms with van der Waals surface area (Å²) < 4.78 is 0. The third-order valence-corrected chi connectivity index (χ3v) is 7.51. The number of rotatable bonds is 6. The molecule has 1 aliphatic carbocycles. The Labute approximate surface area is 213 Å². The highest BCUT2D eigenvalue weighted by atomic mass is 35.5. The number of para-hydroxylation sites is 1. The summed E-state index contributed by atoms with van der Waals surface area (Å²) in [5.41, 5.74) is 5.60. The molecule has 2 aromatic carbocycles. The van der Waals surface area contributed by atoms with Crippen molar-refractivity contribution in [1.82, 2.24) is 15.2 Å². The molecule has 2 aliphatic rings. The highest BCUT2D eigenvalue weighted by Gasteiger charge is 2.23. The molecule has 1 aliphatic heterocycles. The number of hydrogen-bond donors (Lipinski definition) is 2. The third-order valence-electron chi connectivity index (χ3n) is 7.51. The predicted molar refractivity (Wildman–Crippen MR) is 143 cm³/mol. The number of aromatic amines is 1. The summed E-state index contributed by atoms with van der Waals surface area (Å²) in [6.45, 7) is 3.18. The number of nitrogens with one attached hydrogen (secondary N) is 2. The summed E-state index contributed by atoms with van der Waals surface area (Å²) in [6, 6.07) is 16.8. The molecule has 182 valence electrons. The van der Waals surface area contributed by atoms with Gasteiger partial charge in [0, 0.05) is 42.3 Å². The third kappa shape index (κ3) is 6.14. The first-order valence-corrected chi connectivity index (χ1v) is 12.5. The van der Waals surface area contributed by atoms with Gasteiger partial charge >= 0.3 is 0 Å². The summed E-state index contributed by atoms with van der Waals surface area (Å²) in [5.74, 6) is 0.735. The zero-order valence-corrected chi connectivity index (χ0v) is 20.8. The first-order chi connectivity index (χ1) is 16.7. The van der Waals surface area contributed by atoms with Gasteiger partial charge in [-0.15, -0.1) is 12.4 Å². The van der Waals surface area contributed by atoms with Crippen LogP contribution < -0.4 is 5.32 Å². The van der Waals surface area contributed by atoms with E-state index in [0.29, 0.717) is 0 Å². The van der Waals surface area contributed by atoms with E-state index in [1.165, 1.54) is 30.4 Å². The van der Waals surface area contributed by atoms with E-state index < -0.39 is 0 Å². The van der Waals surface area contributed by atoms with Crippen molar-refractivity contribution in [3.05, 3.63) is 77.0 Å². The summed E-state index contributed by atoms with van der Waals surface area (Å²) in [5, 5.41) is 13.5. The van der Waals surface area contributed by atoms with Gasteiger partial charge in [0.05, 0.1) is 11.6 Å². The highest BCUT2D eigenvalue weighted by molar-refractivity contribution is 5.96. The predicted octanol–water partition coefficient (Wildman–Crippen LogP) is 5.60. The molecule has 1 amide bonds. The fraction of sp³-hybridized carbons (Fsp3) is 0.379. The molecule has 35 heavy (non-hydrogen) atoms. The van der Waals surface area contributed by atoms with E-state index in [9.17, 15) is 10.1 Å². The summed E-state index contributed by atoms with van der Waals surface area (Å²) in [6.07, 6.45) is 12.3. The number of benzene rings is 2. The molecular weight excluding hydrogens is 456 g/mol. The molecule has 1 saturated carbocycles. The second-order valence-corrected chi connectivity index (χ2v) is 9.76. The zero-order chi connectivity index (χ0) is 23.3. The van der Waals surface area contributed by atoms with Gasteiger partial charge in [0.15, 0.2) is 0 Å². The molecule has 6 heteroatoms. The van der Waals surface area contributed by atoms with E-state index >= 15 is 0 Å². The lowest BCUT2D eigenvalue weighted by molar-refractivity contribution is -0.117. The zero-order valence-electron chi connectivity index (χ0n) is 20.0. The lowest BCUT2D eigenvalue weighted by Crippen LogP contribution is -2.37. The van der Waals surface area contributed by atoms with Crippen LogP contribution >= 0.6 is 12.4 Å². The fourth-order valence-corrected chi connectivity index (χ4v) is 5.48. The van der Waals surface area contributed by atoms with Crippen molar-refractivity contribution in [3.63, 3.8) is 0 Å². The molecule has 5 nitrogen and oxygen atoms in total. The normalized spacial score (nSPS) is 20.2. The van der Waals surface area contributed by atoms with Crippen molar-refractivity contribution >= 4 is 35.3 Å². The smallest absolute Gasteiger partial charge is 0.244 e. The Hall–Kier alpha value is -3.07. The molecule has 0 spiro atoms. The average Bonchev–Trinajstić information content (AvgIpc) is 3.29. The van der Waals surface area contributed by atoms with Gasteiger partial charge in [-0.05, 0) is 92.0 Å². The first kappa shape index (κ1) is 25.0. The molecule has 0 atom stereocenters. The van der Waals surface area contributed by atoms with Crippen LogP contribution in [0.4, 0.5) is 0 Å². The van der Waals surface area contributed by atoms with Crippen LogP contribution in [0.25, 0.3) is 17.0 Å². The summed E-state index contributed by atoms with van der Waals surface area (Å²) >= 11 is 0. The standard InChI is InChI=1S/C29H32N4O.ClH/c30-18-22-5-8-23-14-16-33(20-25(23)17-22)15-13-21-6-10-26(11-7-21)32-29(34)12-9-24-19-31-28-4-2-1-3-27(24)28;/h1-5,8-9,12,17,19,21,26,31H,6-7,10-11,13-16,20H2,(H,32,34);1H/b12-9+;. The number of carbonyl (C=O) groups excluding carboxylic acids is 1. The van der Waals surface area contributed by atoms with E-state index in [0.717, 1.165) is 66.8 Å². The average molecular weight is 489 g/mol. The van der Waals surface area contributed by atoms with Crippen LogP contribution in [0.3, 0.4) is 0 Å².